The average molecular weight is 189 g/mol. The van der Waals surface area contributed by atoms with Crippen LogP contribution in [0, 0.1) is 0 Å². The molecule has 0 aliphatic carbocycles. The molecule has 1 aromatic rings. The van der Waals surface area contributed by atoms with E-state index in [1.165, 1.54) is 5.56 Å². The zero-order valence-electron chi connectivity index (χ0n) is 9.03. The molecule has 14 heavy (non-hydrogen) atoms. The van der Waals surface area contributed by atoms with Crippen molar-refractivity contribution in [3.05, 3.63) is 48.0 Å². The van der Waals surface area contributed by atoms with Crippen molar-refractivity contribution in [2.75, 3.05) is 7.05 Å². The summed E-state index contributed by atoms with van der Waals surface area (Å²) in [5, 5.41) is 3.29. The normalized spacial score (nSPS) is 13.3. The van der Waals surface area contributed by atoms with Gasteiger partial charge in [-0.25, -0.2) is 0 Å². The van der Waals surface area contributed by atoms with Crippen LogP contribution < -0.4 is 5.32 Å². The van der Waals surface area contributed by atoms with Crippen LogP contribution in [-0.2, 0) is 6.42 Å². The molecule has 76 valence electrons. The average Bonchev–Trinajstić information content (AvgIpc) is 2.25. The molecule has 0 saturated carbocycles. The van der Waals surface area contributed by atoms with Gasteiger partial charge in [-0.2, -0.15) is 0 Å². The maximum Gasteiger partial charge on any atom is 0.0250 e. The minimum Gasteiger partial charge on any atom is -0.314 e. The number of benzene rings is 1. The Kier molecular flexibility index (Phi) is 5.02. The van der Waals surface area contributed by atoms with Crippen molar-refractivity contribution in [1.82, 2.24) is 5.32 Å². The third-order valence-electron chi connectivity index (χ3n) is 2.38. The first-order chi connectivity index (χ1) is 6.86. The SMILES string of the molecule is C/C=C/C(CCc1ccccc1)NC. The largest absolute Gasteiger partial charge is 0.314 e. The zero-order chi connectivity index (χ0) is 10.2. The highest BCUT2D eigenvalue weighted by molar-refractivity contribution is 5.15. The van der Waals surface area contributed by atoms with E-state index >= 15 is 0 Å². The van der Waals surface area contributed by atoms with Crippen LogP contribution in [0.1, 0.15) is 18.9 Å². The number of nitrogens with one attached hydrogen (secondary N) is 1. The molecule has 0 amide bonds. The molecule has 1 aromatic carbocycles. The van der Waals surface area contributed by atoms with E-state index in [0.29, 0.717) is 6.04 Å². The predicted molar refractivity (Wildman–Crippen MR) is 62.4 cm³/mol. The Bertz CT molecular complexity index is 264. The number of likely N-dealkylation sites (N-methyl/N-ethyl adjacent to an activating group) is 1. The topological polar surface area (TPSA) is 12.0 Å². The summed E-state index contributed by atoms with van der Waals surface area (Å²) in [6, 6.07) is 11.1. The van der Waals surface area contributed by atoms with Crippen molar-refractivity contribution in [3.63, 3.8) is 0 Å². The molecular formula is C13H19N. The summed E-state index contributed by atoms with van der Waals surface area (Å²) < 4.78 is 0. The molecule has 0 saturated heterocycles. The van der Waals surface area contributed by atoms with Gasteiger partial charge in [0, 0.05) is 6.04 Å². The van der Waals surface area contributed by atoms with Gasteiger partial charge in [0.1, 0.15) is 0 Å². The van der Waals surface area contributed by atoms with Gasteiger partial charge in [-0.3, -0.25) is 0 Å². The van der Waals surface area contributed by atoms with Crippen molar-refractivity contribution >= 4 is 0 Å². The van der Waals surface area contributed by atoms with Crippen LogP contribution >= 0.6 is 0 Å². The molecular weight excluding hydrogens is 170 g/mol. The van der Waals surface area contributed by atoms with E-state index in [9.17, 15) is 0 Å². The molecule has 1 unspecified atom stereocenters. The van der Waals surface area contributed by atoms with Crippen molar-refractivity contribution < 1.29 is 0 Å². The summed E-state index contributed by atoms with van der Waals surface area (Å²) >= 11 is 0. The molecule has 0 radical (unpaired) electrons. The summed E-state index contributed by atoms with van der Waals surface area (Å²) in [7, 11) is 2.01. The number of allylic oxidation sites excluding steroid dienone is 1. The molecule has 1 N–H and O–H groups in total. The molecule has 0 fully saturated rings. The summed E-state index contributed by atoms with van der Waals surface area (Å²) in [6.45, 7) is 2.06. The molecule has 0 aliphatic heterocycles. The van der Waals surface area contributed by atoms with Crippen molar-refractivity contribution in [2.45, 2.75) is 25.8 Å². The van der Waals surface area contributed by atoms with E-state index in [1.54, 1.807) is 0 Å². The lowest BCUT2D eigenvalue weighted by Gasteiger charge is -2.10. The Balaban J connectivity index is 2.39. The van der Waals surface area contributed by atoms with Crippen molar-refractivity contribution in [3.8, 4) is 0 Å². The zero-order valence-corrected chi connectivity index (χ0v) is 9.03. The molecule has 0 heterocycles. The highest BCUT2D eigenvalue weighted by Gasteiger charge is 2.00. The van der Waals surface area contributed by atoms with Gasteiger partial charge < -0.3 is 5.32 Å². The van der Waals surface area contributed by atoms with E-state index in [2.05, 4.69) is 54.7 Å². The third-order valence-corrected chi connectivity index (χ3v) is 2.38. The molecule has 1 heteroatoms. The van der Waals surface area contributed by atoms with E-state index in [1.807, 2.05) is 7.05 Å². The fourth-order valence-corrected chi connectivity index (χ4v) is 1.54. The van der Waals surface area contributed by atoms with Gasteiger partial charge in [0.25, 0.3) is 0 Å². The van der Waals surface area contributed by atoms with Crippen LogP contribution in [0.3, 0.4) is 0 Å². The maximum atomic E-state index is 3.29. The molecule has 1 nitrogen and oxygen atoms in total. The molecule has 0 aromatic heterocycles. The number of aryl methyl sites for hydroxylation is 1. The number of hydrogen-bond acceptors (Lipinski definition) is 1. The Hall–Kier alpha value is -1.08. The highest BCUT2D eigenvalue weighted by atomic mass is 14.9. The molecule has 0 spiro atoms. The maximum absolute atomic E-state index is 3.29. The minimum atomic E-state index is 0.500. The third kappa shape index (κ3) is 3.75. The van der Waals surface area contributed by atoms with Crippen molar-refractivity contribution in [2.24, 2.45) is 0 Å². The second kappa shape index (κ2) is 6.39. The Labute approximate surface area is 86.8 Å². The smallest absolute Gasteiger partial charge is 0.0250 e. The minimum absolute atomic E-state index is 0.500. The first-order valence-corrected chi connectivity index (χ1v) is 5.21. The Morgan fingerprint density at radius 3 is 2.57 bits per heavy atom. The van der Waals surface area contributed by atoms with Gasteiger partial charge in [0.05, 0.1) is 0 Å². The van der Waals surface area contributed by atoms with Crippen molar-refractivity contribution in [1.29, 1.82) is 0 Å². The van der Waals surface area contributed by atoms with Crippen LogP contribution in [0.25, 0.3) is 0 Å². The van der Waals surface area contributed by atoms with E-state index in [4.69, 9.17) is 0 Å². The van der Waals surface area contributed by atoms with Crippen LogP contribution in [0.5, 0.6) is 0 Å². The standard InChI is InChI=1S/C13H19N/c1-3-7-13(14-2)11-10-12-8-5-4-6-9-12/h3-9,13-14H,10-11H2,1-2H3/b7-3+. The van der Waals surface area contributed by atoms with E-state index in [0.717, 1.165) is 12.8 Å². The van der Waals surface area contributed by atoms with Gasteiger partial charge in [-0.15, -0.1) is 0 Å². The first kappa shape index (κ1) is 11.0. The second-order valence-corrected chi connectivity index (χ2v) is 3.45. The second-order valence-electron chi connectivity index (χ2n) is 3.45. The number of rotatable bonds is 5. The lowest BCUT2D eigenvalue weighted by Crippen LogP contribution is -2.23. The van der Waals surface area contributed by atoms with Gasteiger partial charge in [0.2, 0.25) is 0 Å². The monoisotopic (exact) mass is 189 g/mol. The van der Waals surface area contributed by atoms with Gasteiger partial charge in [-0.1, -0.05) is 42.5 Å². The highest BCUT2D eigenvalue weighted by Crippen LogP contribution is 2.05. The Morgan fingerprint density at radius 1 is 1.29 bits per heavy atom. The first-order valence-electron chi connectivity index (χ1n) is 5.21. The fraction of sp³-hybridized carbons (Fsp3) is 0.385. The lowest BCUT2D eigenvalue weighted by molar-refractivity contribution is 0.613. The van der Waals surface area contributed by atoms with Crippen LogP contribution in [-0.4, -0.2) is 13.1 Å². The molecule has 1 atom stereocenters. The molecule has 0 aliphatic rings. The summed E-state index contributed by atoms with van der Waals surface area (Å²) in [5.74, 6) is 0. The lowest BCUT2D eigenvalue weighted by atomic mass is 10.1. The van der Waals surface area contributed by atoms with Crippen LogP contribution in [0.15, 0.2) is 42.5 Å². The number of hydrogen-bond donors (Lipinski definition) is 1. The molecule has 1 rings (SSSR count). The quantitative estimate of drug-likeness (QED) is 0.702. The fourth-order valence-electron chi connectivity index (χ4n) is 1.54. The van der Waals surface area contributed by atoms with Gasteiger partial charge >= 0.3 is 0 Å². The summed E-state index contributed by atoms with van der Waals surface area (Å²) in [6.07, 6.45) is 6.61. The summed E-state index contributed by atoms with van der Waals surface area (Å²) in [5.41, 5.74) is 1.41. The summed E-state index contributed by atoms with van der Waals surface area (Å²) in [4.78, 5) is 0. The van der Waals surface area contributed by atoms with E-state index < -0.39 is 0 Å². The van der Waals surface area contributed by atoms with Crippen LogP contribution in [0.2, 0.25) is 0 Å². The van der Waals surface area contributed by atoms with Crippen LogP contribution in [0.4, 0.5) is 0 Å². The predicted octanol–water partition coefficient (Wildman–Crippen LogP) is 2.78. The molecule has 0 bridgehead atoms. The van der Waals surface area contributed by atoms with Gasteiger partial charge in [0.15, 0.2) is 0 Å². The Morgan fingerprint density at radius 2 is 2.00 bits per heavy atom. The van der Waals surface area contributed by atoms with E-state index in [-0.39, 0.29) is 0 Å². The van der Waals surface area contributed by atoms with Gasteiger partial charge in [-0.05, 0) is 32.4 Å².